The molecule has 1 atom stereocenters. The fraction of sp³-hybridized carbons (Fsp3) is 0.533. The van der Waals surface area contributed by atoms with Crippen LogP contribution in [0.2, 0.25) is 0 Å². The zero-order valence-electron chi connectivity index (χ0n) is 12.1. The SMILES string of the molecule is Cc1c(C(=O)N2CCCC(CCO)C2)cccc1[N+](=O)[O-]. The molecule has 2 rings (SSSR count). The number of piperidine rings is 1. The molecule has 1 aliphatic heterocycles. The van der Waals surface area contributed by atoms with Crippen LogP contribution < -0.4 is 0 Å². The van der Waals surface area contributed by atoms with Crippen LogP contribution in [-0.4, -0.2) is 40.5 Å². The van der Waals surface area contributed by atoms with Crippen molar-refractivity contribution < 1.29 is 14.8 Å². The van der Waals surface area contributed by atoms with Crippen molar-refractivity contribution in [3.05, 3.63) is 39.4 Å². The first-order chi connectivity index (χ1) is 10.0. The fourth-order valence-electron chi connectivity index (χ4n) is 2.89. The van der Waals surface area contributed by atoms with Gasteiger partial charge >= 0.3 is 0 Å². The number of likely N-dealkylation sites (tertiary alicyclic amines) is 1. The lowest BCUT2D eigenvalue weighted by molar-refractivity contribution is -0.385. The van der Waals surface area contributed by atoms with Crippen LogP contribution in [-0.2, 0) is 0 Å². The number of hydrogen-bond acceptors (Lipinski definition) is 4. The first-order valence-corrected chi connectivity index (χ1v) is 7.18. The Labute approximate surface area is 123 Å². The number of amides is 1. The number of nitro benzene ring substituents is 1. The summed E-state index contributed by atoms with van der Waals surface area (Å²) in [5.41, 5.74) is 0.787. The molecule has 1 unspecified atom stereocenters. The molecule has 114 valence electrons. The number of carbonyl (C=O) groups is 1. The minimum atomic E-state index is -0.461. The highest BCUT2D eigenvalue weighted by Crippen LogP contribution is 2.25. The molecule has 0 radical (unpaired) electrons. The van der Waals surface area contributed by atoms with E-state index in [4.69, 9.17) is 5.11 Å². The van der Waals surface area contributed by atoms with Gasteiger partial charge in [0.2, 0.25) is 0 Å². The fourth-order valence-corrected chi connectivity index (χ4v) is 2.89. The Hall–Kier alpha value is -1.95. The zero-order chi connectivity index (χ0) is 15.4. The summed E-state index contributed by atoms with van der Waals surface area (Å²) in [5.74, 6) is 0.158. The van der Waals surface area contributed by atoms with Crippen LogP contribution in [0.4, 0.5) is 5.69 Å². The highest BCUT2D eigenvalue weighted by Gasteiger charge is 2.26. The predicted molar refractivity (Wildman–Crippen MR) is 78.2 cm³/mol. The molecule has 21 heavy (non-hydrogen) atoms. The lowest BCUT2D eigenvalue weighted by Gasteiger charge is -2.32. The molecule has 1 aromatic rings. The lowest BCUT2D eigenvalue weighted by Crippen LogP contribution is -2.40. The van der Waals surface area contributed by atoms with Gasteiger partial charge in [0.1, 0.15) is 0 Å². The maximum Gasteiger partial charge on any atom is 0.273 e. The molecule has 1 amide bonds. The average molecular weight is 292 g/mol. The summed E-state index contributed by atoms with van der Waals surface area (Å²) < 4.78 is 0. The van der Waals surface area contributed by atoms with Crippen molar-refractivity contribution in [2.75, 3.05) is 19.7 Å². The molecule has 1 saturated heterocycles. The predicted octanol–water partition coefficient (Wildman–Crippen LogP) is 2.14. The second kappa shape index (κ2) is 6.67. The van der Waals surface area contributed by atoms with Crippen LogP contribution in [0.5, 0.6) is 0 Å². The Morgan fingerprint density at radius 2 is 2.29 bits per heavy atom. The van der Waals surface area contributed by atoms with Crippen molar-refractivity contribution in [3.8, 4) is 0 Å². The number of aliphatic hydroxyl groups excluding tert-OH is 1. The Morgan fingerprint density at radius 1 is 1.52 bits per heavy atom. The Balaban J connectivity index is 2.20. The van der Waals surface area contributed by atoms with Gasteiger partial charge < -0.3 is 10.0 Å². The number of nitrogens with zero attached hydrogens (tertiary/aromatic N) is 2. The van der Waals surface area contributed by atoms with Gasteiger partial charge in [0.05, 0.1) is 4.92 Å². The van der Waals surface area contributed by atoms with E-state index in [0.29, 0.717) is 36.6 Å². The van der Waals surface area contributed by atoms with Crippen LogP contribution in [0.15, 0.2) is 18.2 Å². The van der Waals surface area contributed by atoms with Gasteiger partial charge in [-0.2, -0.15) is 0 Å². The van der Waals surface area contributed by atoms with Gasteiger partial charge in [-0.05, 0) is 38.2 Å². The summed E-state index contributed by atoms with van der Waals surface area (Å²) in [6.07, 6.45) is 2.61. The second-order valence-electron chi connectivity index (χ2n) is 5.48. The van der Waals surface area contributed by atoms with Crippen molar-refractivity contribution in [3.63, 3.8) is 0 Å². The monoisotopic (exact) mass is 292 g/mol. The quantitative estimate of drug-likeness (QED) is 0.680. The standard InChI is InChI=1S/C15H20N2O4/c1-11-13(5-2-6-14(11)17(20)21)15(19)16-8-3-4-12(10-16)7-9-18/h2,5-6,12,18H,3-4,7-10H2,1H3. The third kappa shape index (κ3) is 3.39. The van der Waals surface area contributed by atoms with Crippen LogP contribution in [0.25, 0.3) is 0 Å². The van der Waals surface area contributed by atoms with Crippen LogP contribution in [0.1, 0.15) is 35.2 Å². The first kappa shape index (κ1) is 15.4. The van der Waals surface area contributed by atoms with Crippen molar-refractivity contribution in [2.24, 2.45) is 5.92 Å². The average Bonchev–Trinajstić information content (AvgIpc) is 2.47. The van der Waals surface area contributed by atoms with Crippen LogP contribution in [0, 0.1) is 23.0 Å². The van der Waals surface area contributed by atoms with Gasteiger partial charge in [0.15, 0.2) is 0 Å². The molecule has 0 aliphatic carbocycles. The first-order valence-electron chi connectivity index (χ1n) is 7.18. The third-order valence-corrected chi connectivity index (χ3v) is 4.08. The molecule has 1 heterocycles. The van der Waals surface area contributed by atoms with Crippen LogP contribution in [0.3, 0.4) is 0 Å². The largest absolute Gasteiger partial charge is 0.396 e. The molecule has 1 fully saturated rings. The molecule has 0 spiro atoms. The summed E-state index contributed by atoms with van der Waals surface area (Å²) in [6, 6.07) is 4.60. The maximum atomic E-state index is 12.6. The number of rotatable bonds is 4. The highest BCUT2D eigenvalue weighted by molar-refractivity contribution is 5.96. The molecular weight excluding hydrogens is 272 g/mol. The number of benzene rings is 1. The van der Waals surface area contributed by atoms with E-state index in [1.807, 2.05) is 0 Å². The van der Waals surface area contributed by atoms with E-state index in [1.54, 1.807) is 24.0 Å². The molecule has 1 N–H and O–H groups in total. The normalized spacial score (nSPS) is 18.6. The summed E-state index contributed by atoms with van der Waals surface area (Å²) in [6.45, 7) is 3.02. The molecular formula is C15H20N2O4. The number of nitro groups is 1. The number of aliphatic hydroxyl groups is 1. The Kier molecular flexibility index (Phi) is 4.90. The molecule has 0 bridgehead atoms. The molecule has 1 aliphatic rings. The van der Waals surface area contributed by atoms with Gasteiger partial charge in [-0.25, -0.2) is 0 Å². The van der Waals surface area contributed by atoms with E-state index in [-0.39, 0.29) is 18.2 Å². The van der Waals surface area contributed by atoms with E-state index in [1.165, 1.54) is 6.07 Å². The van der Waals surface area contributed by atoms with E-state index in [2.05, 4.69) is 0 Å². The van der Waals surface area contributed by atoms with E-state index in [0.717, 1.165) is 12.8 Å². The second-order valence-corrected chi connectivity index (χ2v) is 5.48. The summed E-state index contributed by atoms with van der Waals surface area (Å²) in [5, 5.41) is 20.0. The van der Waals surface area contributed by atoms with Crippen molar-refractivity contribution in [1.29, 1.82) is 0 Å². The van der Waals surface area contributed by atoms with Crippen molar-refractivity contribution >= 4 is 11.6 Å². The minimum absolute atomic E-state index is 0.0234. The lowest BCUT2D eigenvalue weighted by atomic mass is 9.94. The van der Waals surface area contributed by atoms with E-state index >= 15 is 0 Å². The summed E-state index contributed by atoms with van der Waals surface area (Å²) in [7, 11) is 0. The third-order valence-electron chi connectivity index (χ3n) is 4.08. The van der Waals surface area contributed by atoms with Crippen molar-refractivity contribution in [2.45, 2.75) is 26.2 Å². The Bertz CT molecular complexity index is 542. The molecule has 6 heteroatoms. The van der Waals surface area contributed by atoms with Gasteiger partial charge in [0.25, 0.3) is 11.6 Å². The molecule has 0 saturated carbocycles. The number of hydrogen-bond donors (Lipinski definition) is 1. The molecule has 6 nitrogen and oxygen atoms in total. The minimum Gasteiger partial charge on any atom is -0.396 e. The van der Waals surface area contributed by atoms with Gasteiger partial charge in [-0.15, -0.1) is 0 Å². The van der Waals surface area contributed by atoms with Gasteiger partial charge in [0, 0.05) is 36.9 Å². The number of carbonyl (C=O) groups excluding carboxylic acids is 1. The maximum absolute atomic E-state index is 12.6. The van der Waals surface area contributed by atoms with Crippen LogP contribution >= 0.6 is 0 Å². The molecule has 1 aromatic carbocycles. The van der Waals surface area contributed by atoms with Crippen molar-refractivity contribution in [1.82, 2.24) is 4.90 Å². The Morgan fingerprint density at radius 3 is 2.95 bits per heavy atom. The summed E-state index contributed by atoms with van der Waals surface area (Å²) >= 11 is 0. The van der Waals surface area contributed by atoms with E-state index in [9.17, 15) is 14.9 Å². The zero-order valence-corrected chi connectivity index (χ0v) is 12.1. The van der Waals surface area contributed by atoms with E-state index < -0.39 is 4.92 Å². The van der Waals surface area contributed by atoms with Gasteiger partial charge in [-0.3, -0.25) is 14.9 Å². The smallest absolute Gasteiger partial charge is 0.273 e. The summed E-state index contributed by atoms with van der Waals surface area (Å²) in [4.78, 5) is 24.8. The van der Waals surface area contributed by atoms with Gasteiger partial charge in [-0.1, -0.05) is 6.07 Å². The molecule has 0 aromatic heterocycles. The highest BCUT2D eigenvalue weighted by atomic mass is 16.6. The topological polar surface area (TPSA) is 83.7 Å².